The van der Waals surface area contributed by atoms with Crippen molar-refractivity contribution in [2.24, 2.45) is 11.3 Å². The predicted molar refractivity (Wildman–Crippen MR) is 69.9 cm³/mol. The molecule has 0 aromatic carbocycles. The van der Waals surface area contributed by atoms with Crippen LogP contribution in [0, 0.1) is 11.3 Å². The minimum atomic E-state index is -0.379. The lowest BCUT2D eigenvalue weighted by atomic mass is 9.80. The number of amides is 2. The van der Waals surface area contributed by atoms with E-state index in [1.807, 2.05) is 25.7 Å². The Morgan fingerprint density at radius 3 is 2.33 bits per heavy atom. The Hall–Kier alpha value is -1.06. The molecule has 102 valence electrons. The lowest BCUT2D eigenvalue weighted by molar-refractivity contribution is -0.154. The molecule has 2 rings (SSSR count). The van der Waals surface area contributed by atoms with E-state index in [0.717, 1.165) is 6.54 Å². The molecule has 0 radical (unpaired) electrons. The topological polar surface area (TPSA) is 49.4 Å². The zero-order chi connectivity index (χ0) is 13.5. The molecule has 0 aromatic heterocycles. The van der Waals surface area contributed by atoms with Crippen LogP contribution in [0.2, 0.25) is 0 Å². The van der Waals surface area contributed by atoms with Crippen LogP contribution in [0.1, 0.15) is 47.0 Å². The molecular formula is C14H24N2O2. The summed E-state index contributed by atoms with van der Waals surface area (Å²) in [6.07, 6.45) is 3.64. The Bertz CT molecular complexity index is 355. The van der Waals surface area contributed by atoms with Crippen LogP contribution >= 0.6 is 0 Å². The maximum Gasteiger partial charge on any atom is 0.245 e. The molecule has 1 heterocycles. The van der Waals surface area contributed by atoms with Crippen LogP contribution in [0.15, 0.2) is 0 Å². The fourth-order valence-corrected chi connectivity index (χ4v) is 2.88. The van der Waals surface area contributed by atoms with Crippen LogP contribution < -0.4 is 5.32 Å². The first-order chi connectivity index (χ1) is 8.30. The lowest BCUT2D eigenvalue weighted by Crippen LogP contribution is -2.66. The summed E-state index contributed by atoms with van der Waals surface area (Å²) in [6, 6.07) is -0.710. The van der Waals surface area contributed by atoms with Gasteiger partial charge >= 0.3 is 0 Å². The van der Waals surface area contributed by atoms with E-state index in [2.05, 4.69) is 5.32 Å². The third kappa shape index (κ3) is 2.38. The standard InChI is InChI=1S/C14H24N2O2/c1-9-13(18)16(8-10-6-5-7-10)11(12(17)15-9)14(2,3)4/h9-11H,5-8H2,1-4H3,(H,15,17). The van der Waals surface area contributed by atoms with Crippen molar-refractivity contribution in [2.45, 2.75) is 59.0 Å². The van der Waals surface area contributed by atoms with Crippen molar-refractivity contribution in [1.82, 2.24) is 10.2 Å². The Kier molecular flexibility index (Phi) is 3.39. The highest BCUT2D eigenvalue weighted by atomic mass is 16.2. The van der Waals surface area contributed by atoms with Crippen molar-refractivity contribution in [3.8, 4) is 0 Å². The third-order valence-corrected chi connectivity index (χ3v) is 4.07. The SMILES string of the molecule is CC1NC(=O)C(C(C)(C)C)N(CC2CCC2)C1=O. The van der Waals surface area contributed by atoms with Gasteiger partial charge in [-0.15, -0.1) is 0 Å². The maximum absolute atomic E-state index is 12.3. The molecule has 2 amide bonds. The van der Waals surface area contributed by atoms with Gasteiger partial charge in [-0.1, -0.05) is 27.2 Å². The number of hydrogen-bond donors (Lipinski definition) is 1. The van der Waals surface area contributed by atoms with Crippen LogP contribution in [-0.4, -0.2) is 35.3 Å². The van der Waals surface area contributed by atoms with Gasteiger partial charge in [0.25, 0.3) is 0 Å². The molecule has 2 aliphatic rings. The number of carbonyl (C=O) groups is 2. The van der Waals surface area contributed by atoms with E-state index in [-0.39, 0.29) is 29.3 Å². The molecule has 2 fully saturated rings. The minimum absolute atomic E-state index is 0.00563. The van der Waals surface area contributed by atoms with Gasteiger partial charge in [0.2, 0.25) is 11.8 Å². The van der Waals surface area contributed by atoms with Gasteiger partial charge < -0.3 is 10.2 Å². The molecule has 0 bridgehead atoms. The molecule has 0 spiro atoms. The van der Waals surface area contributed by atoms with E-state index in [1.54, 1.807) is 6.92 Å². The molecule has 4 heteroatoms. The number of piperazine rings is 1. The van der Waals surface area contributed by atoms with Gasteiger partial charge in [0.15, 0.2) is 0 Å². The number of nitrogens with one attached hydrogen (secondary N) is 1. The highest BCUT2D eigenvalue weighted by Crippen LogP contribution is 2.33. The van der Waals surface area contributed by atoms with Crippen LogP contribution in [0.25, 0.3) is 0 Å². The van der Waals surface area contributed by atoms with Crippen molar-refractivity contribution >= 4 is 11.8 Å². The van der Waals surface area contributed by atoms with Crippen molar-refractivity contribution in [1.29, 1.82) is 0 Å². The average Bonchev–Trinajstić information content (AvgIpc) is 2.16. The highest BCUT2D eigenvalue weighted by molar-refractivity contribution is 5.97. The second kappa shape index (κ2) is 4.56. The molecule has 1 aliphatic heterocycles. The molecule has 0 aromatic rings. The molecule has 2 atom stereocenters. The summed E-state index contributed by atoms with van der Waals surface area (Å²) < 4.78 is 0. The van der Waals surface area contributed by atoms with Crippen LogP contribution in [0.5, 0.6) is 0 Å². The summed E-state index contributed by atoms with van der Waals surface area (Å²) in [5.41, 5.74) is -0.219. The first-order valence-electron chi connectivity index (χ1n) is 6.91. The van der Waals surface area contributed by atoms with Gasteiger partial charge in [-0.2, -0.15) is 0 Å². The van der Waals surface area contributed by atoms with Crippen LogP contribution in [0.3, 0.4) is 0 Å². The summed E-state index contributed by atoms with van der Waals surface area (Å²) in [5, 5.41) is 2.79. The van der Waals surface area contributed by atoms with Gasteiger partial charge in [0, 0.05) is 6.54 Å². The van der Waals surface area contributed by atoms with Gasteiger partial charge in [-0.05, 0) is 31.1 Å². The molecular weight excluding hydrogens is 228 g/mol. The Morgan fingerprint density at radius 2 is 1.89 bits per heavy atom. The third-order valence-electron chi connectivity index (χ3n) is 4.07. The van der Waals surface area contributed by atoms with E-state index in [0.29, 0.717) is 5.92 Å². The number of rotatable bonds is 2. The monoisotopic (exact) mass is 252 g/mol. The van der Waals surface area contributed by atoms with E-state index in [4.69, 9.17) is 0 Å². The zero-order valence-electron chi connectivity index (χ0n) is 11.8. The van der Waals surface area contributed by atoms with Gasteiger partial charge in [-0.3, -0.25) is 9.59 Å². The summed E-state index contributed by atoms with van der Waals surface area (Å²) >= 11 is 0. The minimum Gasteiger partial charge on any atom is -0.343 e. The predicted octanol–water partition coefficient (Wildman–Crippen LogP) is 1.55. The average molecular weight is 252 g/mol. The first kappa shape index (κ1) is 13.4. The second-order valence-electron chi connectivity index (χ2n) is 6.79. The quantitative estimate of drug-likeness (QED) is 0.810. The van der Waals surface area contributed by atoms with Crippen LogP contribution in [0.4, 0.5) is 0 Å². The summed E-state index contributed by atoms with van der Waals surface area (Å²) in [5.74, 6) is 0.659. The van der Waals surface area contributed by atoms with E-state index < -0.39 is 0 Å². The molecule has 1 aliphatic carbocycles. The Morgan fingerprint density at radius 1 is 1.28 bits per heavy atom. The van der Waals surface area contributed by atoms with Gasteiger partial charge in [0.05, 0.1) is 0 Å². The van der Waals surface area contributed by atoms with Crippen molar-refractivity contribution in [2.75, 3.05) is 6.54 Å². The number of carbonyl (C=O) groups excluding carboxylic acids is 2. The summed E-state index contributed by atoms with van der Waals surface area (Å²) in [6.45, 7) is 8.59. The molecule has 18 heavy (non-hydrogen) atoms. The van der Waals surface area contributed by atoms with Crippen molar-refractivity contribution in [3.05, 3.63) is 0 Å². The van der Waals surface area contributed by atoms with Gasteiger partial charge in [0.1, 0.15) is 12.1 Å². The first-order valence-corrected chi connectivity index (χ1v) is 6.91. The number of nitrogens with zero attached hydrogens (tertiary/aromatic N) is 1. The molecule has 1 N–H and O–H groups in total. The largest absolute Gasteiger partial charge is 0.343 e. The van der Waals surface area contributed by atoms with Crippen molar-refractivity contribution < 1.29 is 9.59 Å². The lowest BCUT2D eigenvalue weighted by Gasteiger charge is -2.46. The van der Waals surface area contributed by atoms with Gasteiger partial charge in [-0.25, -0.2) is 0 Å². The zero-order valence-corrected chi connectivity index (χ0v) is 11.8. The fourth-order valence-electron chi connectivity index (χ4n) is 2.88. The molecule has 4 nitrogen and oxygen atoms in total. The summed E-state index contributed by atoms with van der Waals surface area (Å²) in [7, 11) is 0. The normalized spacial score (nSPS) is 30.1. The molecule has 1 saturated carbocycles. The molecule has 2 unspecified atom stereocenters. The van der Waals surface area contributed by atoms with Crippen LogP contribution in [-0.2, 0) is 9.59 Å². The Labute approximate surface area is 109 Å². The highest BCUT2D eigenvalue weighted by Gasteiger charge is 2.45. The second-order valence-corrected chi connectivity index (χ2v) is 6.79. The Balaban J connectivity index is 2.20. The summed E-state index contributed by atoms with van der Waals surface area (Å²) in [4.78, 5) is 26.3. The smallest absolute Gasteiger partial charge is 0.245 e. The van der Waals surface area contributed by atoms with Crippen molar-refractivity contribution in [3.63, 3.8) is 0 Å². The number of hydrogen-bond acceptors (Lipinski definition) is 2. The molecule has 1 saturated heterocycles. The maximum atomic E-state index is 12.3. The fraction of sp³-hybridized carbons (Fsp3) is 0.857. The van der Waals surface area contributed by atoms with E-state index >= 15 is 0 Å². The van der Waals surface area contributed by atoms with E-state index in [9.17, 15) is 9.59 Å². The van der Waals surface area contributed by atoms with E-state index in [1.165, 1.54) is 19.3 Å².